The monoisotopic (exact) mass is 227 g/mol. The molecule has 15 heavy (non-hydrogen) atoms. The summed E-state index contributed by atoms with van der Waals surface area (Å²) in [6.07, 6.45) is 2.70. The van der Waals surface area contributed by atoms with E-state index in [1.165, 1.54) is 18.3 Å². The van der Waals surface area contributed by atoms with Crippen molar-refractivity contribution in [2.45, 2.75) is 6.92 Å². The maximum atomic E-state index is 11.3. The van der Waals surface area contributed by atoms with Crippen LogP contribution in [0.2, 0.25) is 5.15 Å². The van der Waals surface area contributed by atoms with Gasteiger partial charge in [0.25, 0.3) is 0 Å². The van der Waals surface area contributed by atoms with E-state index in [9.17, 15) is 4.79 Å². The van der Waals surface area contributed by atoms with Crippen molar-refractivity contribution >= 4 is 23.6 Å². The maximum absolute atomic E-state index is 11.3. The van der Waals surface area contributed by atoms with Gasteiger partial charge in [0, 0.05) is 6.07 Å². The van der Waals surface area contributed by atoms with Gasteiger partial charge in [-0.05, 0) is 19.2 Å². The molecule has 0 unspecified atom stereocenters. The number of esters is 1. The Morgan fingerprint density at radius 2 is 2.40 bits per heavy atom. The molecule has 1 aromatic heterocycles. The summed E-state index contributed by atoms with van der Waals surface area (Å²) in [5, 5.41) is 0.168. The molecule has 0 saturated heterocycles. The molecule has 2 N–H and O–H groups in total. The first-order valence-corrected chi connectivity index (χ1v) is 4.65. The van der Waals surface area contributed by atoms with Gasteiger partial charge >= 0.3 is 5.97 Å². The van der Waals surface area contributed by atoms with Crippen LogP contribution in [0, 0.1) is 0 Å². The first kappa shape index (κ1) is 11.5. The lowest BCUT2D eigenvalue weighted by Gasteiger charge is -2.02. The third-order valence-electron chi connectivity index (χ3n) is 1.44. The lowest BCUT2D eigenvalue weighted by molar-refractivity contribution is 0.0519. The highest BCUT2D eigenvalue weighted by molar-refractivity contribution is 6.29. The van der Waals surface area contributed by atoms with E-state index in [1.807, 2.05) is 0 Å². The van der Waals surface area contributed by atoms with Crippen LogP contribution in [0.3, 0.4) is 0 Å². The molecule has 1 aromatic rings. The molecule has 6 heteroatoms. The van der Waals surface area contributed by atoms with Crippen LogP contribution >= 0.6 is 11.6 Å². The van der Waals surface area contributed by atoms with Crippen LogP contribution in [0.25, 0.3) is 6.08 Å². The van der Waals surface area contributed by atoms with E-state index in [0.29, 0.717) is 0 Å². The minimum atomic E-state index is -0.534. The molecule has 0 spiro atoms. The number of nitrogens with two attached hydrogens (primary N) is 1. The summed E-state index contributed by atoms with van der Waals surface area (Å²) in [6, 6.07) is 1.34. The molecular weight excluding hydrogens is 218 g/mol. The van der Waals surface area contributed by atoms with E-state index in [1.54, 1.807) is 6.92 Å². The fourth-order valence-corrected chi connectivity index (χ4v) is 1.10. The van der Waals surface area contributed by atoms with Crippen molar-refractivity contribution in [3.63, 3.8) is 0 Å². The first-order valence-electron chi connectivity index (χ1n) is 4.27. The van der Waals surface area contributed by atoms with Gasteiger partial charge in [-0.3, -0.25) is 0 Å². The molecule has 0 bridgehead atoms. The second kappa shape index (κ2) is 5.31. The van der Waals surface area contributed by atoms with Crippen molar-refractivity contribution in [3.05, 3.63) is 28.9 Å². The van der Waals surface area contributed by atoms with Crippen LogP contribution in [-0.2, 0) is 4.74 Å². The predicted octanol–water partition coefficient (Wildman–Crippen LogP) is 1.24. The highest BCUT2D eigenvalue weighted by Gasteiger charge is 2.10. The molecule has 0 atom stereocenters. The Kier molecular flexibility index (Phi) is 4.05. The molecular formula is C9H10ClN3O2. The number of halogens is 1. The van der Waals surface area contributed by atoms with Crippen LogP contribution in [-0.4, -0.2) is 22.5 Å². The standard InChI is InChI=1S/C9H10ClN3O2/c1-2-15-9(14)6-5-7(10)13-8(12-6)3-4-11/h3-5H,2,11H2,1H3. The molecule has 0 amide bonds. The van der Waals surface area contributed by atoms with Crippen LogP contribution in [0.1, 0.15) is 23.2 Å². The van der Waals surface area contributed by atoms with E-state index in [-0.39, 0.29) is 23.3 Å². The predicted molar refractivity (Wildman–Crippen MR) is 56.2 cm³/mol. The molecule has 1 heterocycles. The van der Waals surface area contributed by atoms with Gasteiger partial charge in [-0.15, -0.1) is 0 Å². The van der Waals surface area contributed by atoms with E-state index < -0.39 is 5.97 Å². The largest absolute Gasteiger partial charge is 0.461 e. The SMILES string of the molecule is CCOC(=O)c1cc(Cl)nc(C=CN)n1. The van der Waals surface area contributed by atoms with Crippen LogP contribution in [0.5, 0.6) is 0 Å². The Morgan fingerprint density at radius 3 is 3.00 bits per heavy atom. The van der Waals surface area contributed by atoms with Gasteiger partial charge in [-0.1, -0.05) is 11.6 Å². The zero-order valence-electron chi connectivity index (χ0n) is 8.11. The fraction of sp³-hybridized carbons (Fsp3) is 0.222. The molecule has 5 nitrogen and oxygen atoms in total. The third kappa shape index (κ3) is 3.21. The highest BCUT2D eigenvalue weighted by atomic mass is 35.5. The molecule has 80 valence electrons. The average molecular weight is 228 g/mol. The molecule has 0 radical (unpaired) electrons. The van der Waals surface area contributed by atoms with Crippen molar-refractivity contribution in [2.24, 2.45) is 5.73 Å². The fourth-order valence-electron chi connectivity index (χ4n) is 0.905. The molecule has 0 aliphatic heterocycles. The minimum Gasteiger partial charge on any atom is -0.461 e. The van der Waals surface area contributed by atoms with Crippen LogP contribution in [0.15, 0.2) is 12.3 Å². The smallest absolute Gasteiger partial charge is 0.357 e. The summed E-state index contributed by atoms with van der Waals surface area (Å²) in [5.41, 5.74) is 5.29. The summed E-state index contributed by atoms with van der Waals surface area (Å²) in [7, 11) is 0. The minimum absolute atomic E-state index is 0.116. The van der Waals surface area contributed by atoms with Gasteiger partial charge in [-0.25, -0.2) is 14.8 Å². The second-order valence-electron chi connectivity index (χ2n) is 2.51. The number of ether oxygens (including phenoxy) is 1. The normalized spacial score (nSPS) is 10.5. The van der Waals surface area contributed by atoms with Crippen molar-refractivity contribution in [2.75, 3.05) is 6.61 Å². The van der Waals surface area contributed by atoms with Crippen molar-refractivity contribution < 1.29 is 9.53 Å². The van der Waals surface area contributed by atoms with E-state index >= 15 is 0 Å². The number of hydrogen-bond donors (Lipinski definition) is 1. The number of hydrogen-bond acceptors (Lipinski definition) is 5. The Balaban J connectivity index is 3.03. The molecule has 0 fully saturated rings. The van der Waals surface area contributed by atoms with Crippen LogP contribution < -0.4 is 5.73 Å². The third-order valence-corrected chi connectivity index (χ3v) is 1.64. The molecule has 0 saturated carbocycles. The number of nitrogens with zero attached hydrogens (tertiary/aromatic N) is 2. The Bertz CT molecular complexity index is 393. The molecule has 0 aliphatic carbocycles. The quantitative estimate of drug-likeness (QED) is 0.621. The number of carbonyl (C=O) groups excluding carboxylic acids is 1. The lowest BCUT2D eigenvalue weighted by atomic mass is 10.4. The average Bonchev–Trinajstić information content (AvgIpc) is 2.17. The number of aromatic nitrogens is 2. The molecule has 0 aromatic carbocycles. The van der Waals surface area contributed by atoms with E-state index in [0.717, 1.165) is 0 Å². The Morgan fingerprint density at radius 1 is 1.67 bits per heavy atom. The van der Waals surface area contributed by atoms with Gasteiger partial charge in [-0.2, -0.15) is 0 Å². The highest BCUT2D eigenvalue weighted by Crippen LogP contribution is 2.09. The second-order valence-corrected chi connectivity index (χ2v) is 2.90. The van der Waals surface area contributed by atoms with Gasteiger partial charge in [0.15, 0.2) is 11.5 Å². The van der Waals surface area contributed by atoms with Gasteiger partial charge in [0.1, 0.15) is 5.15 Å². The van der Waals surface area contributed by atoms with Gasteiger partial charge in [0.05, 0.1) is 6.61 Å². The molecule has 1 rings (SSSR count). The van der Waals surface area contributed by atoms with Crippen molar-refractivity contribution in [1.29, 1.82) is 0 Å². The summed E-state index contributed by atoms with van der Waals surface area (Å²) in [4.78, 5) is 19.1. The summed E-state index contributed by atoms with van der Waals surface area (Å²) < 4.78 is 4.77. The Labute approximate surface area is 91.9 Å². The Hall–Kier alpha value is -1.62. The van der Waals surface area contributed by atoms with Crippen molar-refractivity contribution in [3.8, 4) is 0 Å². The van der Waals surface area contributed by atoms with E-state index in [2.05, 4.69) is 9.97 Å². The summed E-state index contributed by atoms with van der Waals surface area (Å²) in [5.74, 6) is -0.262. The topological polar surface area (TPSA) is 78.1 Å². The summed E-state index contributed by atoms with van der Waals surface area (Å²) >= 11 is 5.70. The van der Waals surface area contributed by atoms with Crippen molar-refractivity contribution in [1.82, 2.24) is 9.97 Å². The number of rotatable bonds is 3. The van der Waals surface area contributed by atoms with Gasteiger partial charge in [0.2, 0.25) is 0 Å². The number of carbonyl (C=O) groups is 1. The first-order chi connectivity index (χ1) is 7.17. The maximum Gasteiger partial charge on any atom is 0.357 e. The summed E-state index contributed by atoms with van der Waals surface area (Å²) in [6.45, 7) is 1.99. The van der Waals surface area contributed by atoms with E-state index in [4.69, 9.17) is 22.1 Å². The zero-order chi connectivity index (χ0) is 11.3. The molecule has 0 aliphatic rings. The lowest BCUT2D eigenvalue weighted by Crippen LogP contribution is -2.08. The van der Waals surface area contributed by atoms with Crippen LogP contribution in [0.4, 0.5) is 0 Å². The van der Waals surface area contributed by atoms with Gasteiger partial charge < -0.3 is 10.5 Å². The zero-order valence-corrected chi connectivity index (χ0v) is 8.86.